The highest BCUT2D eigenvalue weighted by atomic mass is 32.2. The molecule has 2 rings (SSSR count). The summed E-state index contributed by atoms with van der Waals surface area (Å²) in [6.45, 7) is 10.8. The molecule has 27 heavy (non-hydrogen) atoms. The minimum atomic E-state index is -3.44. The highest BCUT2D eigenvalue weighted by Crippen LogP contribution is 2.17. The summed E-state index contributed by atoms with van der Waals surface area (Å²) < 4.78 is 33.7. The molecule has 1 aromatic rings. The molecule has 1 amide bonds. The third-order valence-electron chi connectivity index (χ3n) is 4.57. The Morgan fingerprint density at radius 2 is 1.63 bits per heavy atom. The van der Waals surface area contributed by atoms with E-state index < -0.39 is 10.2 Å². The Bertz CT molecular complexity index is 707. The van der Waals surface area contributed by atoms with E-state index in [9.17, 15) is 13.2 Å². The zero-order valence-electron chi connectivity index (χ0n) is 16.7. The molecule has 1 fully saturated rings. The molecule has 1 aromatic carbocycles. The lowest BCUT2D eigenvalue weighted by molar-refractivity contribution is 0.0694. The first-order valence-electron chi connectivity index (χ1n) is 9.56. The summed E-state index contributed by atoms with van der Waals surface area (Å²) in [6, 6.07) is 7.13. The van der Waals surface area contributed by atoms with Gasteiger partial charge in [0.1, 0.15) is 5.75 Å². The fraction of sp³-hybridized carbons (Fsp3) is 0.632. The van der Waals surface area contributed by atoms with E-state index in [0.717, 1.165) is 5.75 Å². The zero-order valence-corrected chi connectivity index (χ0v) is 17.5. The summed E-state index contributed by atoms with van der Waals surface area (Å²) >= 11 is 0. The van der Waals surface area contributed by atoms with Gasteiger partial charge in [-0.25, -0.2) is 0 Å². The van der Waals surface area contributed by atoms with Crippen LogP contribution in [0.5, 0.6) is 5.75 Å². The van der Waals surface area contributed by atoms with Crippen molar-refractivity contribution in [1.82, 2.24) is 13.5 Å². The van der Waals surface area contributed by atoms with Gasteiger partial charge < -0.3 is 9.64 Å². The molecular weight excluding hydrogens is 366 g/mol. The monoisotopic (exact) mass is 397 g/mol. The predicted molar refractivity (Wildman–Crippen MR) is 106 cm³/mol. The molecule has 0 aliphatic carbocycles. The fourth-order valence-electron chi connectivity index (χ4n) is 2.97. The fourth-order valence-corrected chi connectivity index (χ4v) is 4.58. The second-order valence-corrected chi connectivity index (χ2v) is 8.94. The molecule has 1 saturated heterocycles. The molecule has 1 aliphatic rings. The number of hydrogen-bond donors (Lipinski definition) is 0. The summed E-state index contributed by atoms with van der Waals surface area (Å²) in [4.78, 5) is 14.4. The lowest BCUT2D eigenvalue weighted by Crippen LogP contribution is -2.54. The molecule has 152 valence electrons. The van der Waals surface area contributed by atoms with Crippen LogP contribution in [0.2, 0.25) is 0 Å². The van der Waals surface area contributed by atoms with E-state index in [1.807, 2.05) is 13.8 Å². The Labute approximate surface area is 163 Å². The van der Waals surface area contributed by atoms with Gasteiger partial charge in [0.25, 0.3) is 16.1 Å². The maximum Gasteiger partial charge on any atom is 0.282 e. The molecule has 8 heteroatoms. The second kappa shape index (κ2) is 9.52. The molecule has 0 atom stereocenters. The van der Waals surface area contributed by atoms with Crippen LogP contribution in [0.25, 0.3) is 0 Å². The smallest absolute Gasteiger partial charge is 0.282 e. The summed E-state index contributed by atoms with van der Waals surface area (Å²) in [5, 5.41) is 0. The van der Waals surface area contributed by atoms with Crippen LogP contribution in [0, 0.1) is 5.92 Å². The maximum absolute atomic E-state index is 12.7. The molecule has 1 aliphatic heterocycles. The molecule has 7 nitrogen and oxygen atoms in total. The van der Waals surface area contributed by atoms with Crippen molar-refractivity contribution in [3.05, 3.63) is 29.8 Å². The maximum atomic E-state index is 12.7. The summed E-state index contributed by atoms with van der Waals surface area (Å²) in [6.07, 6.45) is 0. The first-order valence-corrected chi connectivity index (χ1v) is 11.0. The predicted octanol–water partition coefficient (Wildman–Crippen LogP) is 2.07. The van der Waals surface area contributed by atoms with Crippen molar-refractivity contribution in [1.29, 1.82) is 0 Å². The SMILES string of the molecule is CCN(CC)S(=O)(=O)N1CCN(C(=O)c2ccc(OCC(C)C)cc2)CC1. The van der Waals surface area contributed by atoms with Crippen LogP contribution in [-0.2, 0) is 10.2 Å². The van der Waals surface area contributed by atoms with Gasteiger partial charge in [-0.05, 0) is 30.2 Å². The van der Waals surface area contributed by atoms with E-state index in [-0.39, 0.29) is 5.91 Å². The van der Waals surface area contributed by atoms with Gasteiger partial charge in [0.2, 0.25) is 0 Å². The average Bonchev–Trinajstić information content (AvgIpc) is 2.67. The molecule has 0 radical (unpaired) electrons. The van der Waals surface area contributed by atoms with Gasteiger partial charge >= 0.3 is 0 Å². The Morgan fingerprint density at radius 1 is 1.07 bits per heavy atom. The summed E-state index contributed by atoms with van der Waals surface area (Å²) in [7, 11) is -3.44. The van der Waals surface area contributed by atoms with Gasteiger partial charge in [-0.3, -0.25) is 4.79 Å². The molecule has 0 bridgehead atoms. The van der Waals surface area contributed by atoms with Crippen molar-refractivity contribution in [2.24, 2.45) is 5.92 Å². The summed E-state index contributed by atoms with van der Waals surface area (Å²) in [5.74, 6) is 1.11. The number of carbonyl (C=O) groups excluding carboxylic acids is 1. The van der Waals surface area contributed by atoms with Crippen molar-refractivity contribution < 1.29 is 17.9 Å². The van der Waals surface area contributed by atoms with Crippen LogP contribution in [-0.4, -0.2) is 73.7 Å². The standard InChI is InChI=1S/C19H31N3O4S/c1-5-21(6-2)27(24,25)22-13-11-20(12-14-22)19(23)17-7-9-18(10-8-17)26-15-16(3)4/h7-10,16H,5-6,11-15H2,1-4H3. The van der Waals surface area contributed by atoms with Gasteiger partial charge in [0.05, 0.1) is 6.61 Å². The van der Waals surface area contributed by atoms with Crippen molar-refractivity contribution in [3.8, 4) is 5.75 Å². The second-order valence-electron chi connectivity index (χ2n) is 7.01. The van der Waals surface area contributed by atoms with Crippen molar-refractivity contribution >= 4 is 16.1 Å². The number of carbonyl (C=O) groups is 1. The molecule has 0 aromatic heterocycles. The highest BCUT2D eigenvalue weighted by molar-refractivity contribution is 7.86. The van der Waals surface area contributed by atoms with E-state index in [4.69, 9.17) is 4.74 Å². The van der Waals surface area contributed by atoms with E-state index in [1.165, 1.54) is 8.61 Å². The van der Waals surface area contributed by atoms with E-state index in [1.54, 1.807) is 29.2 Å². The molecular formula is C19H31N3O4S. The molecule has 0 saturated carbocycles. The Hall–Kier alpha value is -1.64. The Morgan fingerprint density at radius 3 is 2.11 bits per heavy atom. The zero-order chi connectivity index (χ0) is 20.0. The van der Waals surface area contributed by atoms with Crippen LogP contribution in [0.15, 0.2) is 24.3 Å². The van der Waals surface area contributed by atoms with Crippen LogP contribution in [0.4, 0.5) is 0 Å². The Kier molecular flexibility index (Phi) is 7.64. The lowest BCUT2D eigenvalue weighted by atomic mass is 10.1. The number of amides is 1. The average molecular weight is 398 g/mol. The van der Waals surface area contributed by atoms with E-state index in [2.05, 4.69) is 13.8 Å². The lowest BCUT2D eigenvalue weighted by Gasteiger charge is -2.36. The molecule has 0 N–H and O–H groups in total. The van der Waals surface area contributed by atoms with Crippen LogP contribution < -0.4 is 4.74 Å². The molecule has 0 unspecified atom stereocenters. The number of ether oxygens (including phenoxy) is 1. The van der Waals surface area contributed by atoms with E-state index >= 15 is 0 Å². The quantitative estimate of drug-likeness (QED) is 0.673. The highest BCUT2D eigenvalue weighted by Gasteiger charge is 2.32. The van der Waals surface area contributed by atoms with Crippen LogP contribution in [0.1, 0.15) is 38.1 Å². The number of benzene rings is 1. The normalized spacial score (nSPS) is 16.1. The third kappa shape index (κ3) is 5.43. The van der Waals surface area contributed by atoms with Crippen LogP contribution >= 0.6 is 0 Å². The number of nitrogens with zero attached hydrogens (tertiary/aromatic N) is 3. The van der Waals surface area contributed by atoms with Crippen molar-refractivity contribution in [3.63, 3.8) is 0 Å². The van der Waals surface area contributed by atoms with Gasteiger partial charge in [-0.2, -0.15) is 17.0 Å². The number of hydrogen-bond acceptors (Lipinski definition) is 4. The minimum absolute atomic E-state index is 0.0784. The first-order chi connectivity index (χ1) is 12.8. The van der Waals surface area contributed by atoms with E-state index in [0.29, 0.717) is 57.4 Å². The first kappa shape index (κ1) is 21.7. The minimum Gasteiger partial charge on any atom is -0.493 e. The van der Waals surface area contributed by atoms with Crippen molar-refractivity contribution in [2.75, 3.05) is 45.9 Å². The molecule has 0 spiro atoms. The Balaban J connectivity index is 1.94. The van der Waals surface area contributed by atoms with Gasteiger partial charge in [0, 0.05) is 44.8 Å². The van der Waals surface area contributed by atoms with Gasteiger partial charge in [-0.15, -0.1) is 0 Å². The van der Waals surface area contributed by atoms with Gasteiger partial charge in [-0.1, -0.05) is 27.7 Å². The molecule has 1 heterocycles. The number of rotatable bonds is 8. The largest absolute Gasteiger partial charge is 0.493 e. The van der Waals surface area contributed by atoms with Gasteiger partial charge in [0.15, 0.2) is 0 Å². The number of piperazine rings is 1. The topological polar surface area (TPSA) is 70.2 Å². The third-order valence-corrected chi connectivity index (χ3v) is 6.76. The van der Waals surface area contributed by atoms with Crippen molar-refractivity contribution in [2.45, 2.75) is 27.7 Å². The van der Waals surface area contributed by atoms with Crippen LogP contribution in [0.3, 0.4) is 0 Å². The summed E-state index contributed by atoms with van der Waals surface area (Å²) in [5.41, 5.74) is 0.590.